The fraction of sp³-hybridized carbons (Fsp3) is 0.455. The molecule has 5 heteroatoms. The van der Waals surface area contributed by atoms with Gasteiger partial charge in [0.05, 0.1) is 17.1 Å². The molecule has 1 atom stereocenters. The highest BCUT2D eigenvalue weighted by Gasteiger charge is 2.14. The van der Waals surface area contributed by atoms with Gasteiger partial charge in [-0.2, -0.15) is 0 Å². The normalized spacial score (nSPS) is 12.2. The van der Waals surface area contributed by atoms with Crippen LogP contribution in [-0.4, -0.2) is 30.2 Å². The minimum Gasteiger partial charge on any atom is -0.481 e. The third-order valence-corrected chi connectivity index (χ3v) is 2.61. The van der Waals surface area contributed by atoms with E-state index in [1.54, 1.807) is 6.20 Å². The van der Waals surface area contributed by atoms with Crippen LogP contribution in [0.2, 0.25) is 5.02 Å². The summed E-state index contributed by atoms with van der Waals surface area (Å²) in [6.45, 7) is 1.84. The molecule has 0 saturated heterocycles. The van der Waals surface area contributed by atoms with Gasteiger partial charge in [-0.25, -0.2) is 0 Å². The molecule has 0 aliphatic rings. The van der Waals surface area contributed by atoms with Gasteiger partial charge in [-0.05, 0) is 6.07 Å². The Labute approximate surface area is 99.9 Å². The van der Waals surface area contributed by atoms with Gasteiger partial charge in [0, 0.05) is 31.9 Å². The lowest BCUT2D eigenvalue weighted by atomic mass is 10.0. The summed E-state index contributed by atoms with van der Waals surface area (Å²) in [5.74, 6) is -0.941. The Morgan fingerprint density at radius 3 is 2.75 bits per heavy atom. The van der Waals surface area contributed by atoms with Crippen LogP contribution >= 0.6 is 11.6 Å². The number of hydrogen-bond donors (Lipinski definition) is 1. The summed E-state index contributed by atoms with van der Waals surface area (Å²) in [6, 6.07) is 1.83. The second-order valence-corrected chi connectivity index (χ2v) is 4.36. The van der Waals surface area contributed by atoms with Crippen LogP contribution < -0.4 is 4.90 Å². The van der Waals surface area contributed by atoms with Gasteiger partial charge in [0.25, 0.3) is 0 Å². The largest absolute Gasteiger partial charge is 0.481 e. The number of nitrogens with zero attached hydrogens (tertiary/aromatic N) is 2. The van der Waals surface area contributed by atoms with Crippen molar-refractivity contribution < 1.29 is 9.90 Å². The number of halogens is 1. The molecule has 0 amide bonds. The average molecular weight is 243 g/mol. The zero-order chi connectivity index (χ0) is 12.3. The van der Waals surface area contributed by atoms with E-state index >= 15 is 0 Å². The van der Waals surface area contributed by atoms with Crippen LogP contribution in [0.3, 0.4) is 0 Å². The Morgan fingerprint density at radius 2 is 2.25 bits per heavy atom. The molecule has 1 aromatic rings. The first kappa shape index (κ1) is 12.8. The number of aromatic nitrogens is 1. The van der Waals surface area contributed by atoms with Crippen LogP contribution in [0.1, 0.15) is 25.0 Å². The molecule has 0 radical (unpaired) electrons. The number of carbonyl (C=O) groups is 1. The van der Waals surface area contributed by atoms with Crippen molar-refractivity contribution in [1.82, 2.24) is 4.98 Å². The highest BCUT2D eigenvalue weighted by molar-refractivity contribution is 6.33. The van der Waals surface area contributed by atoms with Crippen LogP contribution in [0.15, 0.2) is 12.3 Å². The molecule has 1 rings (SSSR count). The summed E-state index contributed by atoms with van der Waals surface area (Å²) < 4.78 is 0. The molecule has 0 aromatic carbocycles. The van der Waals surface area contributed by atoms with E-state index in [0.717, 1.165) is 11.4 Å². The second-order valence-electron chi connectivity index (χ2n) is 3.95. The smallest absolute Gasteiger partial charge is 0.304 e. The highest BCUT2D eigenvalue weighted by atomic mass is 35.5. The first-order valence-electron chi connectivity index (χ1n) is 4.96. The molecular weight excluding hydrogens is 228 g/mol. The zero-order valence-electron chi connectivity index (χ0n) is 9.57. The van der Waals surface area contributed by atoms with E-state index in [2.05, 4.69) is 4.98 Å². The highest BCUT2D eigenvalue weighted by Crippen LogP contribution is 2.27. The lowest BCUT2D eigenvalue weighted by Gasteiger charge is -2.17. The Morgan fingerprint density at radius 1 is 1.62 bits per heavy atom. The van der Waals surface area contributed by atoms with Crippen LogP contribution in [0.25, 0.3) is 0 Å². The number of rotatable bonds is 4. The maximum Gasteiger partial charge on any atom is 0.304 e. The van der Waals surface area contributed by atoms with E-state index in [4.69, 9.17) is 16.7 Å². The van der Waals surface area contributed by atoms with Crippen molar-refractivity contribution in [3.8, 4) is 0 Å². The van der Waals surface area contributed by atoms with Crippen molar-refractivity contribution in [2.45, 2.75) is 19.3 Å². The number of carboxylic acids is 1. The third-order valence-electron chi connectivity index (χ3n) is 2.32. The number of anilines is 1. The van der Waals surface area contributed by atoms with E-state index in [-0.39, 0.29) is 12.3 Å². The summed E-state index contributed by atoms with van der Waals surface area (Å²) in [6.07, 6.45) is 1.63. The second kappa shape index (κ2) is 5.16. The standard InChI is InChI=1S/C11H15ClN2O2/c1-7(4-11(15)16)9-5-10(14(2)3)8(12)6-13-9/h5-7H,4H2,1-3H3,(H,15,16). The van der Waals surface area contributed by atoms with E-state index in [1.165, 1.54) is 0 Å². The van der Waals surface area contributed by atoms with Crippen LogP contribution in [0.4, 0.5) is 5.69 Å². The van der Waals surface area contributed by atoms with Gasteiger partial charge in [0.15, 0.2) is 0 Å². The summed E-state index contributed by atoms with van der Waals surface area (Å²) in [5, 5.41) is 9.28. The molecule has 0 bridgehead atoms. The van der Waals surface area contributed by atoms with Gasteiger partial charge in [-0.3, -0.25) is 9.78 Å². The fourth-order valence-electron chi connectivity index (χ4n) is 1.42. The van der Waals surface area contributed by atoms with Crippen LogP contribution in [0.5, 0.6) is 0 Å². The van der Waals surface area contributed by atoms with Gasteiger partial charge in [0.2, 0.25) is 0 Å². The SMILES string of the molecule is CC(CC(=O)O)c1cc(N(C)C)c(Cl)cn1. The van der Waals surface area contributed by atoms with Crippen molar-refractivity contribution in [1.29, 1.82) is 0 Å². The first-order chi connectivity index (χ1) is 7.41. The molecule has 88 valence electrons. The molecule has 1 N–H and O–H groups in total. The summed E-state index contributed by atoms with van der Waals surface area (Å²) in [5.41, 5.74) is 1.60. The monoisotopic (exact) mass is 242 g/mol. The summed E-state index contributed by atoms with van der Waals surface area (Å²) in [7, 11) is 3.76. The molecule has 1 heterocycles. The van der Waals surface area contributed by atoms with Crippen molar-refractivity contribution in [2.75, 3.05) is 19.0 Å². The van der Waals surface area contributed by atoms with Crippen LogP contribution in [-0.2, 0) is 4.79 Å². The Balaban J connectivity index is 2.98. The fourth-order valence-corrected chi connectivity index (χ4v) is 1.69. The molecule has 1 unspecified atom stereocenters. The number of hydrogen-bond acceptors (Lipinski definition) is 3. The van der Waals surface area contributed by atoms with Gasteiger partial charge >= 0.3 is 5.97 Å². The Bertz CT molecular complexity index is 394. The number of carboxylic acid groups (broad SMARTS) is 1. The van der Waals surface area contributed by atoms with Crippen LogP contribution in [0, 0.1) is 0 Å². The third kappa shape index (κ3) is 3.10. The van der Waals surface area contributed by atoms with Crippen molar-refractivity contribution in [3.05, 3.63) is 23.0 Å². The molecular formula is C11H15ClN2O2. The molecule has 0 aliphatic heterocycles. The van der Waals surface area contributed by atoms with Crippen molar-refractivity contribution in [3.63, 3.8) is 0 Å². The van der Waals surface area contributed by atoms with E-state index < -0.39 is 5.97 Å². The summed E-state index contributed by atoms with van der Waals surface area (Å²) in [4.78, 5) is 16.6. The Kier molecular flexibility index (Phi) is 4.12. The van der Waals surface area contributed by atoms with Crippen molar-refractivity contribution in [2.24, 2.45) is 0 Å². The quantitative estimate of drug-likeness (QED) is 0.881. The van der Waals surface area contributed by atoms with Gasteiger partial charge in [-0.15, -0.1) is 0 Å². The van der Waals surface area contributed by atoms with Gasteiger partial charge in [0.1, 0.15) is 0 Å². The molecule has 0 aliphatic carbocycles. The maximum atomic E-state index is 10.6. The molecule has 0 spiro atoms. The molecule has 4 nitrogen and oxygen atoms in total. The summed E-state index contributed by atoms with van der Waals surface area (Å²) >= 11 is 5.98. The molecule has 16 heavy (non-hydrogen) atoms. The molecule has 0 saturated carbocycles. The number of aliphatic carboxylic acids is 1. The predicted octanol–water partition coefficient (Wildman–Crippen LogP) is 2.38. The van der Waals surface area contributed by atoms with E-state index in [1.807, 2.05) is 32.0 Å². The zero-order valence-corrected chi connectivity index (χ0v) is 10.3. The first-order valence-corrected chi connectivity index (χ1v) is 5.34. The minimum absolute atomic E-state index is 0.0709. The topological polar surface area (TPSA) is 53.4 Å². The predicted molar refractivity (Wildman–Crippen MR) is 64.2 cm³/mol. The average Bonchev–Trinajstić information content (AvgIpc) is 2.16. The lowest BCUT2D eigenvalue weighted by Crippen LogP contribution is -2.11. The number of pyridine rings is 1. The maximum absolute atomic E-state index is 10.6. The van der Waals surface area contributed by atoms with Gasteiger partial charge < -0.3 is 10.0 Å². The molecule has 0 fully saturated rings. The minimum atomic E-state index is -0.823. The van der Waals surface area contributed by atoms with Crippen molar-refractivity contribution >= 4 is 23.3 Å². The van der Waals surface area contributed by atoms with Gasteiger partial charge in [-0.1, -0.05) is 18.5 Å². The lowest BCUT2D eigenvalue weighted by molar-refractivity contribution is -0.137. The Hall–Kier alpha value is -1.29. The van der Waals surface area contributed by atoms with E-state index in [0.29, 0.717) is 5.02 Å². The molecule has 1 aromatic heterocycles. The van der Waals surface area contributed by atoms with E-state index in [9.17, 15) is 4.79 Å².